The van der Waals surface area contributed by atoms with Crippen LogP contribution in [0.5, 0.6) is 5.75 Å². The minimum absolute atomic E-state index is 0.123. The van der Waals surface area contributed by atoms with Gasteiger partial charge in [-0.1, -0.05) is 24.3 Å². The molecule has 0 atom stereocenters. The van der Waals surface area contributed by atoms with Crippen LogP contribution in [0.2, 0.25) is 0 Å². The molecule has 0 saturated heterocycles. The third-order valence-corrected chi connectivity index (χ3v) is 7.58. The SMILES string of the molecule is COc1ccc(-c2cc3ncc(S(=O)(=O)c4ccccc4)c(-c4cccs4)n3n2)cc1. The number of hydrogen-bond donors (Lipinski definition) is 0. The summed E-state index contributed by atoms with van der Waals surface area (Å²) in [5, 5.41) is 6.63. The van der Waals surface area contributed by atoms with E-state index in [1.165, 1.54) is 17.5 Å². The van der Waals surface area contributed by atoms with Gasteiger partial charge in [-0.05, 0) is 47.8 Å². The Morgan fingerprint density at radius 1 is 0.968 bits per heavy atom. The van der Waals surface area contributed by atoms with Gasteiger partial charge in [-0.2, -0.15) is 5.10 Å². The van der Waals surface area contributed by atoms with Crippen LogP contribution in [0, 0.1) is 0 Å². The van der Waals surface area contributed by atoms with Gasteiger partial charge < -0.3 is 4.74 Å². The molecule has 0 radical (unpaired) electrons. The zero-order valence-electron chi connectivity index (χ0n) is 16.5. The summed E-state index contributed by atoms with van der Waals surface area (Å²) in [4.78, 5) is 5.56. The Bertz CT molecular complexity index is 1460. The summed E-state index contributed by atoms with van der Waals surface area (Å²) in [5.74, 6) is 0.751. The summed E-state index contributed by atoms with van der Waals surface area (Å²) >= 11 is 1.46. The number of aromatic nitrogens is 3. The van der Waals surface area contributed by atoms with Crippen LogP contribution in [0.3, 0.4) is 0 Å². The molecule has 2 aromatic carbocycles. The van der Waals surface area contributed by atoms with Crippen LogP contribution in [0.4, 0.5) is 0 Å². The first-order valence-electron chi connectivity index (χ1n) is 9.45. The second kappa shape index (κ2) is 7.64. The molecule has 0 bridgehead atoms. The van der Waals surface area contributed by atoms with Gasteiger partial charge in [-0.25, -0.2) is 17.9 Å². The molecule has 154 valence electrons. The fourth-order valence-electron chi connectivity index (χ4n) is 3.38. The highest BCUT2D eigenvalue weighted by molar-refractivity contribution is 7.91. The van der Waals surface area contributed by atoms with E-state index in [1.54, 1.807) is 42.0 Å². The topological polar surface area (TPSA) is 73.6 Å². The second-order valence-electron chi connectivity index (χ2n) is 6.79. The van der Waals surface area contributed by atoms with Crippen molar-refractivity contribution in [3.8, 4) is 27.6 Å². The summed E-state index contributed by atoms with van der Waals surface area (Å²) in [6.45, 7) is 0. The molecule has 0 aliphatic heterocycles. The molecule has 5 rings (SSSR count). The van der Waals surface area contributed by atoms with Gasteiger partial charge in [0.15, 0.2) is 5.65 Å². The number of nitrogens with zero attached hydrogens (tertiary/aromatic N) is 3. The smallest absolute Gasteiger partial charge is 0.210 e. The number of benzene rings is 2. The van der Waals surface area contributed by atoms with E-state index in [0.29, 0.717) is 17.0 Å². The highest BCUT2D eigenvalue weighted by Crippen LogP contribution is 2.35. The minimum Gasteiger partial charge on any atom is -0.497 e. The molecular weight excluding hydrogens is 430 g/mol. The summed E-state index contributed by atoms with van der Waals surface area (Å²) < 4.78 is 33.7. The predicted molar refractivity (Wildman–Crippen MR) is 120 cm³/mol. The van der Waals surface area contributed by atoms with Crippen LogP contribution < -0.4 is 4.74 Å². The number of rotatable bonds is 5. The number of thiophene rings is 1. The van der Waals surface area contributed by atoms with E-state index in [0.717, 1.165) is 16.2 Å². The Balaban J connectivity index is 1.75. The maximum atomic E-state index is 13.5. The lowest BCUT2D eigenvalue weighted by molar-refractivity contribution is 0.415. The van der Waals surface area contributed by atoms with Crippen LogP contribution in [-0.2, 0) is 9.84 Å². The maximum absolute atomic E-state index is 13.5. The molecule has 0 N–H and O–H groups in total. The average Bonchev–Trinajstić information content (AvgIpc) is 3.49. The van der Waals surface area contributed by atoms with E-state index in [9.17, 15) is 8.42 Å². The summed E-state index contributed by atoms with van der Waals surface area (Å²) in [5.41, 5.74) is 2.66. The molecule has 31 heavy (non-hydrogen) atoms. The van der Waals surface area contributed by atoms with E-state index in [4.69, 9.17) is 9.84 Å². The van der Waals surface area contributed by atoms with E-state index in [2.05, 4.69) is 4.98 Å². The molecule has 0 fully saturated rings. The van der Waals surface area contributed by atoms with Crippen molar-refractivity contribution in [1.29, 1.82) is 0 Å². The molecule has 5 aromatic rings. The highest BCUT2D eigenvalue weighted by Gasteiger charge is 2.26. The van der Waals surface area contributed by atoms with Crippen molar-refractivity contribution in [2.24, 2.45) is 0 Å². The third-order valence-electron chi connectivity index (χ3n) is 4.93. The fourth-order valence-corrected chi connectivity index (χ4v) is 5.63. The van der Waals surface area contributed by atoms with Crippen molar-refractivity contribution in [3.05, 3.63) is 84.4 Å². The minimum atomic E-state index is -3.78. The third kappa shape index (κ3) is 3.39. The molecule has 0 amide bonds. The molecule has 0 aliphatic rings. The zero-order chi connectivity index (χ0) is 21.4. The van der Waals surface area contributed by atoms with Crippen molar-refractivity contribution in [2.75, 3.05) is 7.11 Å². The van der Waals surface area contributed by atoms with Gasteiger partial charge in [-0.15, -0.1) is 11.3 Å². The molecule has 0 unspecified atom stereocenters. The first-order valence-corrected chi connectivity index (χ1v) is 11.8. The van der Waals surface area contributed by atoms with Crippen molar-refractivity contribution in [1.82, 2.24) is 14.6 Å². The van der Waals surface area contributed by atoms with Gasteiger partial charge >= 0.3 is 0 Å². The van der Waals surface area contributed by atoms with Crippen LogP contribution in [-0.4, -0.2) is 30.1 Å². The summed E-state index contributed by atoms with van der Waals surface area (Å²) in [7, 11) is -2.17. The maximum Gasteiger partial charge on any atom is 0.210 e. The molecule has 0 aliphatic carbocycles. The van der Waals surface area contributed by atoms with Crippen LogP contribution in [0.1, 0.15) is 0 Å². The Kier molecular flexibility index (Phi) is 4.80. The van der Waals surface area contributed by atoms with E-state index < -0.39 is 9.84 Å². The Morgan fingerprint density at radius 3 is 2.42 bits per heavy atom. The van der Waals surface area contributed by atoms with Crippen LogP contribution in [0.25, 0.3) is 27.5 Å². The Hall–Kier alpha value is -3.49. The molecule has 3 heterocycles. The zero-order valence-corrected chi connectivity index (χ0v) is 18.1. The number of hydrogen-bond acceptors (Lipinski definition) is 6. The first-order chi connectivity index (χ1) is 15.1. The van der Waals surface area contributed by atoms with Crippen molar-refractivity contribution in [3.63, 3.8) is 0 Å². The monoisotopic (exact) mass is 447 g/mol. The summed E-state index contributed by atoms with van der Waals surface area (Å²) in [6, 6.07) is 21.5. The Labute approximate surface area is 183 Å². The highest BCUT2D eigenvalue weighted by atomic mass is 32.2. The lowest BCUT2D eigenvalue weighted by Gasteiger charge is -2.11. The number of fused-ring (bicyclic) bond motifs is 1. The molecule has 0 spiro atoms. The molecule has 0 saturated carbocycles. The second-order valence-corrected chi connectivity index (χ2v) is 9.66. The van der Waals surface area contributed by atoms with E-state index in [-0.39, 0.29) is 9.79 Å². The van der Waals surface area contributed by atoms with Gasteiger partial charge in [0, 0.05) is 11.6 Å². The number of methoxy groups -OCH3 is 1. The number of sulfone groups is 1. The van der Waals surface area contributed by atoms with E-state index in [1.807, 2.05) is 47.8 Å². The van der Waals surface area contributed by atoms with Crippen molar-refractivity contribution < 1.29 is 13.2 Å². The Morgan fingerprint density at radius 2 is 1.74 bits per heavy atom. The van der Waals surface area contributed by atoms with E-state index >= 15 is 0 Å². The number of ether oxygens (including phenoxy) is 1. The first kappa shape index (κ1) is 19.5. The van der Waals surface area contributed by atoms with Crippen molar-refractivity contribution in [2.45, 2.75) is 9.79 Å². The summed E-state index contributed by atoms with van der Waals surface area (Å²) in [6.07, 6.45) is 1.42. The molecular formula is C23H17N3O3S2. The lowest BCUT2D eigenvalue weighted by Crippen LogP contribution is -2.08. The van der Waals surface area contributed by atoms with Gasteiger partial charge in [0.25, 0.3) is 0 Å². The quantitative estimate of drug-likeness (QED) is 0.380. The largest absolute Gasteiger partial charge is 0.497 e. The standard InChI is InChI=1S/C23H17N3O3S2/c1-29-17-11-9-16(10-12-17)19-14-22-24-15-21(31(27,28)18-6-3-2-4-7-18)23(26(22)25-19)20-8-5-13-30-20/h2-15H,1H3. The van der Waals surface area contributed by atoms with Gasteiger partial charge in [0.05, 0.1) is 28.8 Å². The normalized spacial score (nSPS) is 11.6. The lowest BCUT2D eigenvalue weighted by atomic mass is 10.1. The molecule has 3 aromatic heterocycles. The molecule has 8 heteroatoms. The van der Waals surface area contributed by atoms with Gasteiger partial charge in [0.2, 0.25) is 9.84 Å². The van der Waals surface area contributed by atoms with Crippen LogP contribution in [0.15, 0.2) is 94.2 Å². The van der Waals surface area contributed by atoms with Crippen molar-refractivity contribution >= 4 is 26.8 Å². The van der Waals surface area contributed by atoms with Gasteiger partial charge in [-0.3, -0.25) is 0 Å². The fraction of sp³-hybridized carbons (Fsp3) is 0.0435. The molecule has 6 nitrogen and oxygen atoms in total. The van der Waals surface area contributed by atoms with Crippen LogP contribution >= 0.6 is 11.3 Å². The van der Waals surface area contributed by atoms with Gasteiger partial charge in [0.1, 0.15) is 16.3 Å². The predicted octanol–water partition coefficient (Wildman–Crippen LogP) is 4.97. The average molecular weight is 448 g/mol.